The van der Waals surface area contributed by atoms with Gasteiger partial charge in [-0.3, -0.25) is 19.7 Å². The summed E-state index contributed by atoms with van der Waals surface area (Å²) in [6.07, 6.45) is 0.236. The van der Waals surface area contributed by atoms with Gasteiger partial charge in [0.15, 0.2) is 0 Å². The number of rotatable bonds is 7. The van der Waals surface area contributed by atoms with Gasteiger partial charge in [0, 0.05) is 6.42 Å². The van der Waals surface area contributed by atoms with E-state index in [9.17, 15) is 14.4 Å². The Kier molecular flexibility index (Phi) is 7.83. The smallest absolute Gasteiger partial charge is 0.322 e. The molecule has 0 aromatic carbocycles. The molecular weight excluding hydrogens is 266 g/mol. The highest BCUT2D eigenvalue weighted by Crippen LogP contribution is 2.07. The first kappa shape index (κ1) is 18.4. The predicted molar refractivity (Wildman–Crippen MR) is 70.9 cm³/mol. The lowest BCUT2D eigenvalue weighted by molar-refractivity contribution is -0.154. The number of hydrogen-bond acceptors (Lipinski definition) is 7. The molecule has 1 N–H and O–H groups in total. The van der Waals surface area contributed by atoms with E-state index in [1.165, 1.54) is 14.2 Å². The van der Waals surface area contributed by atoms with Gasteiger partial charge in [0.1, 0.15) is 11.6 Å². The second-order valence-electron chi connectivity index (χ2n) is 5.16. The number of hydrogen-bond donors (Lipinski definition) is 1. The van der Waals surface area contributed by atoms with Crippen LogP contribution in [0.4, 0.5) is 0 Å². The zero-order chi connectivity index (χ0) is 15.8. The fourth-order valence-corrected chi connectivity index (χ4v) is 1.39. The molecule has 20 heavy (non-hydrogen) atoms. The van der Waals surface area contributed by atoms with Crippen molar-refractivity contribution in [2.45, 2.75) is 45.3 Å². The van der Waals surface area contributed by atoms with Crippen molar-refractivity contribution in [2.75, 3.05) is 20.8 Å². The molecule has 0 radical (unpaired) electrons. The van der Waals surface area contributed by atoms with Gasteiger partial charge in [0.2, 0.25) is 0 Å². The molecule has 0 bridgehead atoms. The van der Waals surface area contributed by atoms with Gasteiger partial charge in [0.05, 0.1) is 20.8 Å². The summed E-state index contributed by atoms with van der Waals surface area (Å²) >= 11 is 0. The Balaban J connectivity index is 4.33. The summed E-state index contributed by atoms with van der Waals surface area (Å²) in [7, 11) is 2.51. The number of nitrogens with one attached hydrogen (secondary N) is 1. The largest absolute Gasteiger partial charge is 0.469 e. The second kappa shape index (κ2) is 8.52. The van der Waals surface area contributed by atoms with Crippen molar-refractivity contribution < 1.29 is 28.6 Å². The Labute approximate surface area is 118 Å². The molecule has 0 heterocycles. The third kappa shape index (κ3) is 8.47. The average molecular weight is 289 g/mol. The normalized spacial score (nSPS) is 12.4. The van der Waals surface area contributed by atoms with Crippen LogP contribution in [0.3, 0.4) is 0 Å². The lowest BCUT2D eigenvalue weighted by atomic mass is 10.1. The molecule has 1 atom stereocenters. The first-order chi connectivity index (χ1) is 9.19. The quantitative estimate of drug-likeness (QED) is 0.536. The SMILES string of the molecule is COC(=O)CC[C@@H](NCC(=O)OC(C)(C)C)C(=O)OC. The van der Waals surface area contributed by atoms with Gasteiger partial charge in [-0.25, -0.2) is 0 Å². The number of carbonyl (C=O) groups is 3. The molecule has 0 aliphatic carbocycles. The molecule has 0 spiro atoms. The lowest BCUT2D eigenvalue weighted by Gasteiger charge is -2.21. The molecule has 0 aliphatic heterocycles. The van der Waals surface area contributed by atoms with Crippen LogP contribution in [0.25, 0.3) is 0 Å². The molecule has 116 valence electrons. The molecule has 7 heteroatoms. The van der Waals surface area contributed by atoms with Crippen molar-refractivity contribution >= 4 is 17.9 Å². The molecule has 0 saturated heterocycles. The van der Waals surface area contributed by atoms with Crippen LogP contribution in [0.15, 0.2) is 0 Å². The molecule has 0 rings (SSSR count). The number of esters is 3. The van der Waals surface area contributed by atoms with Crippen molar-refractivity contribution in [3.8, 4) is 0 Å². The van der Waals surface area contributed by atoms with Crippen molar-refractivity contribution in [1.82, 2.24) is 5.32 Å². The first-order valence-corrected chi connectivity index (χ1v) is 6.29. The third-order valence-corrected chi connectivity index (χ3v) is 2.26. The average Bonchev–Trinajstić information content (AvgIpc) is 2.35. The van der Waals surface area contributed by atoms with Gasteiger partial charge in [-0.05, 0) is 27.2 Å². The van der Waals surface area contributed by atoms with Crippen molar-refractivity contribution in [1.29, 1.82) is 0 Å². The van der Waals surface area contributed by atoms with Crippen LogP contribution in [0, 0.1) is 0 Å². The van der Waals surface area contributed by atoms with Gasteiger partial charge in [-0.2, -0.15) is 0 Å². The first-order valence-electron chi connectivity index (χ1n) is 6.29. The van der Waals surface area contributed by atoms with Crippen LogP contribution in [0.1, 0.15) is 33.6 Å². The fraction of sp³-hybridized carbons (Fsp3) is 0.769. The Bertz CT molecular complexity index is 347. The van der Waals surface area contributed by atoms with Crippen LogP contribution in [-0.4, -0.2) is 50.3 Å². The number of ether oxygens (including phenoxy) is 3. The van der Waals surface area contributed by atoms with E-state index < -0.39 is 29.6 Å². The van der Waals surface area contributed by atoms with E-state index in [1.54, 1.807) is 20.8 Å². The van der Waals surface area contributed by atoms with E-state index in [2.05, 4.69) is 14.8 Å². The molecule has 0 aromatic heterocycles. The Hall–Kier alpha value is -1.63. The van der Waals surface area contributed by atoms with Crippen molar-refractivity contribution in [3.63, 3.8) is 0 Å². The summed E-state index contributed by atoms with van der Waals surface area (Å²) in [6, 6.07) is -0.758. The second-order valence-corrected chi connectivity index (χ2v) is 5.16. The van der Waals surface area contributed by atoms with E-state index in [0.29, 0.717) is 0 Å². The molecule has 0 amide bonds. The predicted octanol–water partition coefficient (Wildman–Crippen LogP) is 0.413. The van der Waals surface area contributed by atoms with Crippen LogP contribution >= 0.6 is 0 Å². The molecule has 0 unspecified atom stereocenters. The van der Waals surface area contributed by atoms with Crippen molar-refractivity contribution in [3.05, 3.63) is 0 Å². The van der Waals surface area contributed by atoms with E-state index in [1.807, 2.05) is 0 Å². The third-order valence-electron chi connectivity index (χ3n) is 2.26. The van der Waals surface area contributed by atoms with Gasteiger partial charge < -0.3 is 14.2 Å². The van der Waals surface area contributed by atoms with E-state index >= 15 is 0 Å². The minimum atomic E-state index is -0.758. The molecule has 7 nitrogen and oxygen atoms in total. The summed E-state index contributed by atoms with van der Waals surface area (Å²) < 4.78 is 14.2. The zero-order valence-electron chi connectivity index (χ0n) is 12.6. The lowest BCUT2D eigenvalue weighted by Crippen LogP contribution is -2.42. The molecule has 0 fully saturated rings. The maximum atomic E-state index is 11.5. The highest BCUT2D eigenvalue weighted by atomic mass is 16.6. The molecule has 0 aromatic rings. The Morgan fingerprint density at radius 3 is 2.10 bits per heavy atom. The van der Waals surface area contributed by atoms with Crippen LogP contribution in [0.2, 0.25) is 0 Å². The number of carbonyl (C=O) groups excluding carboxylic acids is 3. The van der Waals surface area contributed by atoms with Gasteiger partial charge >= 0.3 is 17.9 Å². The molecule has 0 saturated carbocycles. The summed E-state index contributed by atoms with van der Waals surface area (Å²) in [5.41, 5.74) is -0.592. The van der Waals surface area contributed by atoms with Crippen LogP contribution in [-0.2, 0) is 28.6 Å². The van der Waals surface area contributed by atoms with Gasteiger partial charge in [-0.15, -0.1) is 0 Å². The van der Waals surface area contributed by atoms with Crippen molar-refractivity contribution in [2.24, 2.45) is 0 Å². The monoisotopic (exact) mass is 289 g/mol. The fourth-order valence-electron chi connectivity index (χ4n) is 1.39. The van der Waals surface area contributed by atoms with Crippen LogP contribution < -0.4 is 5.32 Å². The van der Waals surface area contributed by atoms with Gasteiger partial charge in [-0.1, -0.05) is 0 Å². The standard InChI is InChI=1S/C13H23NO6/c1-13(2,3)20-11(16)8-14-9(12(17)19-5)6-7-10(15)18-4/h9,14H,6-8H2,1-5H3/t9-/m1/s1. The highest BCUT2D eigenvalue weighted by molar-refractivity contribution is 5.78. The van der Waals surface area contributed by atoms with E-state index in [-0.39, 0.29) is 19.4 Å². The van der Waals surface area contributed by atoms with E-state index in [0.717, 1.165) is 0 Å². The maximum Gasteiger partial charge on any atom is 0.322 e. The Morgan fingerprint density at radius 1 is 1.05 bits per heavy atom. The highest BCUT2D eigenvalue weighted by Gasteiger charge is 2.23. The summed E-state index contributed by atoms with van der Waals surface area (Å²) in [4.78, 5) is 34.1. The summed E-state index contributed by atoms with van der Waals surface area (Å²) in [6.45, 7) is 5.11. The Morgan fingerprint density at radius 2 is 1.65 bits per heavy atom. The van der Waals surface area contributed by atoms with Gasteiger partial charge in [0.25, 0.3) is 0 Å². The minimum absolute atomic E-state index is 0.0532. The van der Waals surface area contributed by atoms with Crippen LogP contribution in [0.5, 0.6) is 0 Å². The molecule has 0 aliphatic rings. The maximum absolute atomic E-state index is 11.5. The number of methoxy groups -OCH3 is 2. The summed E-state index contributed by atoms with van der Waals surface area (Å²) in [5, 5.41) is 2.72. The molecular formula is C13H23NO6. The zero-order valence-corrected chi connectivity index (χ0v) is 12.6. The summed E-state index contributed by atoms with van der Waals surface area (Å²) in [5.74, 6) is -1.46. The van der Waals surface area contributed by atoms with E-state index in [4.69, 9.17) is 4.74 Å². The minimum Gasteiger partial charge on any atom is -0.469 e. The topological polar surface area (TPSA) is 90.9 Å².